The van der Waals surface area contributed by atoms with E-state index in [1.54, 1.807) is 6.07 Å². The van der Waals surface area contributed by atoms with Crippen molar-refractivity contribution in [3.8, 4) is 0 Å². The Labute approximate surface area is 146 Å². The predicted octanol–water partition coefficient (Wildman–Crippen LogP) is 2.67. The van der Waals surface area contributed by atoms with Gasteiger partial charge in [0.2, 0.25) is 0 Å². The third kappa shape index (κ3) is 3.39. The SMILES string of the molecule is CCOC(=O)C(O)(C(=O)OCC)C(c1c[nH]c2ccccc12)C(F)(F)F. The number of carbonyl (C=O) groups excluding carboxylic acids is 2. The van der Waals surface area contributed by atoms with Crippen molar-refractivity contribution in [1.82, 2.24) is 4.98 Å². The normalized spacial score (nSPS) is 13.5. The monoisotopic (exact) mass is 373 g/mol. The molecule has 0 spiro atoms. The zero-order valence-electron chi connectivity index (χ0n) is 14.1. The van der Waals surface area contributed by atoms with Crippen molar-refractivity contribution in [3.05, 3.63) is 36.0 Å². The molecule has 0 aliphatic rings. The molecule has 0 bridgehead atoms. The number of rotatable bonds is 6. The summed E-state index contributed by atoms with van der Waals surface area (Å²) in [7, 11) is 0. The van der Waals surface area contributed by atoms with Gasteiger partial charge in [0.1, 0.15) is 5.92 Å². The molecule has 1 atom stereocenters. The highest BCUT2D eigenvalue weighted by molar-refractivity contribution is 6.05. The lowest BCUT2D eigenvalue weighted by Gasteiger charge is -2.33. The molecule has 9 heteroatoms. The molecule has 1 aromatic carbocycles. The molecule has 0 aliphatic heterocycles. The summed E-state index contributed by atoms with van der Waals surface area (Å²) in [5, 5.41) is 10.8. The van der Waals surface area contributed by atoms with E-state index in [0.29, 0.717) is 5.52 Å². The molecule has 1 aromatic heterocycles. The Kier molecular flexibility index (Phi) is 5.60. The first kappa shape index (κ1) is 19.8. The molecular weight excluding hydrogens is 355 g/mol. The Hall–Kier alpha value is -2.55. The molecule has 0 amide bonds. The van der Waals surface area contributed by atoms with Crippen molar-refractivity contribution < 1.29 is 37.3 Å². The fourth-order valence-corrected chi connectivity index (χ4v) is 2.77. The molecular formula is C17H18F3NO5. The highest BCUT2D eigenvalue weighted by Gasteiger charge is 2.64. The van der Waals surface area contributed by atoms with E-state index in [4.69, 9.17) is 0 Å². The van der Waals surface area contributed by atoms with Crippen LogP contribution >= 0.6 is 0 Å². The van der Waals surface area contributed by atoms with Crippen LogP contribution in [-0.2, 0) is 19.1 Å². The molecule has 1 unspecified atom stereocenters. The molecule has 2 N–H and O–H groups in total. The Morgan fingerprint density at radius 3 is 2.15 bits per heavy atom. The van der Waals surface area contributed by atoms with E-state index in [2.05, 4.69) is 14.5 Å². The maximum Gasteiger partial charge on any atom is 0.399 e. The van der Waals surface area contributed by atoms with Gasteiger partial charge in [0.15, 0.2) is 0 Å². The molecule has 2 rings (SSSR count). The van der Waals surface area contributed by atoms with Gasteiger partial charge in [-0.3, -0.25) is 0 Å². The largest absolute Gasteiger partial charge is 0.463 e. The standard InChI is InChI=1S/C17H18F3NO5/c1-3-25-14(22)16(24,15(23)26-4-2)13(17(18,19)20)11-9-21-12-8-6-5-7-10(11)12/h5-9,13,21,24H,3-4H2,1-2H3. The van der Waals surface area contributed by atoms with Gasteiger partial charge in [0.05, 0.1) is 13.2 Å². The van der Waals surface area contributed by atoms with Crippen molar-refractivity contribution in [2.24, 2.45) is 0 Å². The zero-order chi connectivity index (χ0) is 19.5. The van der Waals surface area contributed by atoms with Crippen LogP contribution in [0.3, 0.4) is 0 Å². The first-order valence-electron chi connectivity index (χ1n) is 7.87. The van der Waals surface area contributed by atoms with Crippen molar-refractivity contribution in [1.29, 1.82) is 0 Å². The molecule has 2 aromatic rings. The molecule has 0 fully saturated rings. The second-order valence-electron chi connectivity index (χ2n) is 5.47. The quantitative estimate of drug-likeness (QED) is 0.600. The molecule has 0 saturated carbocycles. The van der Waals surface area contributed by atoms with E-state index in [1.807, 2.05) is 0 Å². The fourth-order valence-electron chi connectivity index (χ4n) is 2.77. The van der Waals surface area contributed by atoms with Gasteiger partial charge in [-0.2, -0.15) is 13.2 Å². The number of para-hydroxylation sites is 1. The van der Waals surface area contributed by atoms with Gasteiger partial charge in [-0.15, -0.1) is 0 Å². The number of ether oxygens (including phenoxy) is 2. The molecule has 0 saturated heterocycles. The summed E-state index contributed by atoms with van der Waals surface area (Å²) >= 11 is 0. The summed E-state index contributed by atoms with van der Waals surface area (Å²) in [5.74, 6) is -6.30. The van der Waals surface area contributed by atoms with Crippen LogP contribution in [-0.4, -0.2) is 47.0 Å². The van der Waals surface area contributed by atoms with Gasteiger partial charge in [0.25, 0.3) is 5.60 Å². The average Bonchev–Trinajstić information content (AvgIpc) is 2.97. The minimum Gasteiger partial charge on any atom is -0.463 e. The number of H-pyrrole nitrogens is 1. The number of esters is 2. The summed E-state index contributed by atoms with van der Waals surface area (Å²) in [6.07, 6.45) is -4.13. The number of halogens is 3. The number of fused-ring (bicyclic) bond motifs is 1. The minimum absolute atomic E-state index is 0.113. The topological polar surface area (TPSA) is 88.6 Å². The molecule has 0 aliphatic carbocycles. The number of aromatic amines is 1. The van der Waals surface area contributed by atoms with Crippen LogP contribution in [0.25, 0.3) is 10.9 Å². The summed E-state index contributed by atoms with van der Waals surface area (Å²) in [4.78, 5) is 27.1. The lowest BCUT2D eigenvalue weighted by molar-refractivity contribution is -0.221. The third-order valence-electron chi connectivity index (χ3n) is 3.85. The predicted molar refractivity (Wildman–Crippen MR) is 85.3 cm³/mol. The molecule has 6 nitrogen and oxygen atoms in total. The van der Waals surface area contributed by atoms with E-state index in [-0.39, 0.29) is 18.6 Å². The van der Waals surface area contributed by atoms with Crippen molar-refractivity contribution in [3.63, 3.8) is 0 Å². The number of hydrogen-bond donors (Lipinski definition) is 2. The highest BCUT2D eigenvalue weighted by atomic mass is 19.4. The van der Waals surface area contributed by atoms with Crippen molar-refractivity contribution >= 4 is 22.8 Å². The number of hydrogen-bond acceptors (Lipinski definition) is 5. The number of benzene rings is 1. The zero-order valence-corrected chi connectivity index (χ0v) is 14.1. The van der Waals surface area contributed by atoms with Crippen LogP contribution in [0.1, 0.15) is 25.3 Å². The van der Waals surface area contributed by atoms with Gasteiger partial charge >= 0.3 is 18.1 Å². The van der Waals surface area contributed by atoms with Gasteiger partial charge < -0.3 is 19.6 Å². The maximum absolute atomic E-state index is 13.9. The van der Waals surface area contributed by atoms with E-state index in [9.17, 15) is 27.9 Å². The van der Waals surface area contributed by atoms with E-state index in [1.165, 1.54) is 32.0 Å². The van der Waals surface area contributed by atoms with Crippen LogP contribution in [0.5, 0.6) is 0 Å². The first-order valence-corrected chi connectivity index (χ1v) is 7.87. The molecule has 1 heterocycles. The maximum atomic E-state index is 13.9. The summed E-state index contributed by atoms with van der Waals surface area (Å²) in [6.45, 7) is 2.05. The second-order valence-corrected chi connectivity index (χ2v) is 5.47. The number of aliphatic hydroxyl groups is 1. The Balaban J connectivity index is 2.72. The molecule has 142 valence electrons. The average molecular weight is 373 g/mol. The number of carbonyl (C=O) groups is 2. The van der Waals surface area contributed by atoms with Crippen LogP contribution in [0.15, 0.2) is 30.5 Å². The first-order chi connectivity index (χ1) is 12.2. The number of nitrogens with one attached hydrogen (secondary N) is 1. The van der Waals surface area contributed by atoms with Crippen LogP contribution in [0.4, 0.5) is 13.2 Å². The van der Waals surface area contributed by atoms with Gasteiger partial charge in [-0.25, -0.2) is 9.59 Å². The van der Waals surface area contributed by atoms with Crippen LogP contribution in [0, 0.1) is 0 Å². The number of aromatic nitrogens is 1. The van der Waals surface area contributed by atoms with Gasteiger partial charge in [-0.1, -0.05) is 18.2 Å². The summed E-state index contributed by atoms with van der Waals surface area (Å²) < 4.78 is 50.9. The van der Waals surface area contributed by atoms with Crippen molar-refractivity contribution in [2.75, 3.05) is 13.2 Å². The van der Waals surface area contributed by atoms with E-state index >= 15 is 0 Å². The Morgan fingerprint density at radius 1 is 1.12 bits per heavy atom. The third-order valence-corrected chi connectivity index (χ3v) is 3.85. The van der Waals surface area contributed by atoms with E-state index in [0.717, 1.165) is 6.20 Å². The van der Waals surface area contributed by atoms with Gasteiger partial charge in [-0.05, 0) is 25.5 Å². The molecule has 26 heavy (non-hydrogen) atoms. The molecule has 0 radical (unpaired) electrons. The Morgan fingerprint density at radius 2 is 1.65 bits per heavy atom. The minimum atomic E-state index is -5.14. The smallest absolute Gasteiger partial charge is 0.399 e. The van der Waals surface area contributed by atoms with E-state index < -0.39 is 35.2 Å². The Bertz CT molecular complexity index is 781. The van der Waals surface area contributed by atoms with Gasteiger partial charge in [0, 0.05) is 17.1 Å². The lowest BCUT2D eigenvalue weighted by atomic mass is 9.81. The highest BCUT2D eigenvalue weighted by Crippen LogP contribution is 2.46. The van der Waals surface area contributed by atoms with Crippen LogP contribution in [0.2, 0.25) is 0 Å². The van der Waals surface area contributed by atoms with Crippen LogP contribution < -0.4 is 0 Å². The lowest BCUT2D eigenvalue weighted by Crippen LogP contribution is -2.57. The van der Waals surface area contributed by atoms with Crippen molar-refractivity contribution in [2.45, 2.75) is 31.5 Å². The number of alkyl halides is 3. The fraction of sp³-hybridized carbons (Fsp3) is 0.412. The summed E-state index contributed by atoms with van der Waals surface area (Å²) in [5.41, 5.74) is -3.68. The second kappa shape index (κ2) is 7.36. The summed E-state index contributed by atoms with van der Waals surface area (Å²) in [6, 6.07) is 6.02.